The van der Waals surface area contributed by atoms with Crippen LogP contribution in [0.25, 0.3) is 0 Å². The molecule has 0 aliphatic heterocycles. The quantitative estimate of drug-likeness (QED) is 0.355. The summed E-state index contributed by atoms with van der Waals surface area (Å²) in [5.74, 6) is 0. The maximum absolute atomic E-state index is 0. The first-order chi connectivity index (χ1) is 0. The summed E-state index contributed by atoms with van der Waals surface area (Å²) >= 11 is 0. The Kier molecular flexibility index (Phi) is 1820. The first-order valence-corrected chi connectivity index (χ1v) is 0. The van der Waals surface area contributed by atoms with Crippen LogP contribution in [0.2, 0.25) is 0 Å². The summed E-state index contributed by atoms with van der Waals surface area (Å²) in [6.07, 6.45) is 0. The van der Waals surface area contributed by atoms with Crippen LogP contribution in [0.1, 0.15) is 2.85 Å². The Hall–Kier alpha value is 2.65. The van der Waals surface area contributed by atoms with Gasteiger partial charge in [0.1, 0.15) is 0 Å². The Balaban J connectivity index is 0. The Bertz CT molecular complexity index is 22.5. The van der Waals surface area contributed by atoms with Crippen LogP contribution in [0.15, 0.2) is 0 Å². The smallest absolute Gasteiger partial charge is 1.00 e. The maximum atomic E-state index is 0. The molecule has 6 N–H and O–H groups in total. The zero-order valence-electron chi connectivity index (χ0n) is 6.26. The molecule has 0 aromatic carbocycles. The predicted octanol–water partition coefficient (Wildman–Crippen LogP) is -9.43. The first kappa shape index (κ1) is 141. The van der Waals surface area contributed by atoms with Crippen LogP contribution >= 0.6 is 0 Å². The molecule has 0 rings (SSSR count). The van der Waals surface area contributed by atoms with Gasteiger partial charge in [0.15, 0.2) is 17.4 Å². The maximum Gasteiger partial charge on any atom is 1.00 e. The Morgan fingerprint density at radius 1 is 0.625 bits per heavy atom. The van der Waals surface area contributed by atoms with Crippen molar-refractivity contribution >= 4 is 17.4 Å². The van der Waals surface area contributed by atoms with Gasteiger partial charge in [-0.3, -0.25) is 0 Å². The summed E-state index contributed by atoms with van der Waals surface area (Å²) in [5.41, 5.74) is 0. The molecular weight excluding hydrogens is 199 g/mol. The predicted molar refractivity (Wildman–Crippen MR) is 23.0 cm³/mol. The molecule has 0 aromatic rings. The van der Waals surface area contributed by atoms with E-state index in [2.05, 4.69) is 0 Å². The van der Waals surface area contributed by atoms with Crippen LogP contribution in [0, 0.1) is 0 Å². The Labute approximate surface area is 107 Å². The third-order valence-corrected chi connectivity index (χ3v) is 0. The summed E-state index contributed by atoms with van der Waals surface area (Å²) in [6.45, 7) is 0. The third kappa shape index (κ3) is 72.2. The topological polar surface area (TPSA) is 94.5 Å². The molecule has 0 saturated heterocycles. The van der Waals surface area contributed by atoms with E-state index < -0.39 is 0 Å². The fourth-order valence-corrected chi connectivity index (χ4v) is 0. The molecule has 0 bridgehead atoms. The molecule has 3 nitrogen and oxygen atoms in total. The zero-order chi connectivity index (χ0) is 0. The molecule has 8 heavy (non-hydrogen) atoms. The van der Waals surface area contributed by atoms with E-state index in [4.69, 9.17) is 0 Å². The largest absolute Gasteiger partial charge is 1.00 e. The van der Waals surface area contributed by atoms with E-state index in [1.807, 2.05) is 0 Å². The average molecular weight is 210 g/mol. The molecule has 0 heterocycles. The van der Waals surface area contributed by atoms with Crippen molar-refractivity contribution in [2.24, 2.45) is 0 Å². The molecule has 0 unspecified atom stereocenters. The van der Waals surface area contributed by atoms with Crippen LogP contribution in [0.5, 0.6) is 0 Å². The minimum Gasteiger partial charge on any atom is -1.00 e. The summed E-state index contributed by atoms with van der Waals surface area (Å²) in [5, 5.41) is 0. The SMILES string of the molecule is O.O.O.[AlH3].[H-].[H-].[Li+].[Li+].[Mn].[Mn]. The molecule has 48 valence electrons. The van der Waals surface area contributed by atoms with Gasteiger partial charge in [0.25, 0.3) is 0 Å². The molecular formula is H11AlLi2Mn2O3. The molecule has 2 radical (unpaired) electrons. The van der Waals surface area contributed by atoms with E-state index in [0.717, 1.165) is 0 Å². The number of rotatable bonds is 0. The van der Waals surface area contributed by atoms with Gasteiger partial charge >= 0.3 is 37.7 Å². The molecule has 8 heteroatoms. The van der Waals surface area contributed by atoms with Crippen molar-refractivity contribution in [3.63, 3.8) is 0 Å². The number of hydrogen-bond acceptors (Lipinski definition) is 0. The zero-order valence-corrected chi connectivity index (χ0v) is 6.62. The normalized spacial score (nSPS) is 0. The summed E-state index contributed by atoms with van der Waals surface area (Å²) < 4.78 is 0. The second kappa shape index (κ2) is 103. The molecule has 0 atom stereocenters. The van der Waals surface area contributed by atoms with Gasteiger partial charge in [-0.1, -0.05) is 0 Å². The van der Waals surface area contributed by atoms with E-state index >= 15 is 0 Å². The molecule has 0 saturated carbocycles. The third-order valence-electron chi connectivity index (χ3n) is 0. The van der Waals surface area contributed by atoms with Gasteiger partial charge < -0.3 is 19.3 Å². The molecule has 0 fully saturated rings. The van der Waals surface area contributed by atoms with Crippen molar-refractivity contribution in [3.8, 4) is 0 Å². The summed E-state index contributed by atoms with van der Waals surface area (Å²) in [7, 11) is 0. The number of hydrogen-bond donors (Lipinski definition) is 0. The first-order valence-electron chi connectivity index (χ1n) is 0. The standard InChI is InChI=1S/Al.2Li.2Mn.3H2O.5H/h;;;;;3*1H2;;;;;/q;2*+1;;;;;;;;;2*-1. The fraction of sp³-hybridized carbons (Fsp3) is 0. The minimum atomic E-state index is 0. The van der Waals surface area contributed by atoms with Gasteiger partial charge in [0.05, 0.1) is 0 Å². The summed E-state index contributed by atoms with van der Waals surface area (Å²) in [6, 6.07) is 0. The van der Waals surface area contributed by atoms with Crippen LogP contribution < -0.4 is 37.7 Å². The van der Waals surface area contributed by atoms with Crippen LogP contribution in [-0.4, -0.2) is 33.8 Å². The van der Waals surface area contributed by atoms with Gasteiger partial charge in [0, 0.05) is 34.1 Å². The summed E-state index contributed by atoms with van der Waals surface area (Å²) in [4.78, 5) is 0. The second-order valence-electron chi connectivity index (χ2n) is 0. The molecule has 0 aliphatic rings. The van der Waals surface area contributed by atoms with Gasteiger partial charge in [-0.05, 0) is 0 Å². The average Bonchev–Trinajstić information content (AvgIpc) is 0. The van der Waals surface area contributed by atoms with Crippen LogP contribution in [-0.2, 0) is 34.1 Å². The Morgan fingerprint density at radius 3 is 0.625 bits per heavy atom. The van der Waals surface area contributed by atoms with E-state index in [1.165, 1.54) is 0 Å². The van der Waals surface area contributed by atoms with Crippen LogP contribution in [0.4, 0.5) is 0 Å². The van der Waals surface area contributed by atoms with Crippen molar-refractivity contribution in [3.05, 3.63) is 0 Å². The van der Waals surface area contributed by atoms with E-state index in [9.17, 15) is 0 Å². The van der Waals surface area contributed by atoms with Crippen molar-refractivity contribution in [1.82, 2.24) is 0 Å². The van der Waals surface area contributed by atoms with Gasteiger partial charge in [-0.2, -0.15) is 0 Å². The van der Waals surface area contributed by atoms with Gasteiger partial charge in [-0.15, -0.1) is 0 Å². The minimum absolute atomic E-state index is 0. The van der Waals surface area contributed by atoms with E-state index in [-0.39, 0.29) is 109 Å². The molecule has 0 aromatic heterocycles. The van der Waals surface area contributed by atoms with E-state index in [0.29, 0.717) is 0 Å². The van der Waals surface area contributed by atoms with Gasteiger partial charge in [-0.25, -0.2) is 0 Å². The molecule has 0 spiro atoms. The monoisotopic (exact) mass is 210 g/mol. The molecule has 0 amide bonds. The van der Waals surface area contributed by atoms with Crippen LogP contribution in [0.3, 0.4) is 0 Å². The van der Waals surface area contributed by atoms with E-state index in [1.54, 1.807) is 0 Å². The second-order valence-corrected chi connectivity index (χ2v) is 0. The van der Waals surface area contributed by atoms with Crippen molar-refractivity contribution in [1.29, 1.82) is 0 Å². The molecule has 0 aliphatic carbocycles. The van der Waals surface area contributed by atoms with Gasteiger partial charge in [0.2, 0.25) is 0 Å². The Morgan fingerprint density at radius 2 is 0.625 bits per heavy atom. The fourth-order valence-electron chi connectivity index (χ4n) is 0. The van der Waals surface area contributed by atoms with Crippen molar-refractivity contribution < 1.29 is 91.1 Å². The van der Waals surface area contributed by atoms with Crippen molar-refractivity contribution in [2.75, 3.05) is 0 Å². The van der Waals surface area contributed by atoms with Crippen molar-refractivity contribution in [2.45, 2.75) is 0 Å².